The molecule has 1 aromatic heterocycles. The van der Waals surface area contributed by atoms with E-state index in [9.17, 15) is 4.79 Å². The normalized spacial score (nSPS) is 11.6. The van der Waals surface area contributed by atoms with E-state index in [2.05, 4.69) is 25.3 Å². The number of aromatic nitrogens is 1. The number of hydrogen-bond donors (Lipinski definition) is 1. The molecule has 0 bridgehead atoms. The maximum absolute atomic E-state index is 12.7. The van der Waals surface area contributed by atoms with E-state index in [0.717, 1.165) is 34.1 Å². The quantitative estimate of drug-likeness (QED) is 0.572. The first kappa shape index (κ1) is 13.7. The fourth-order valence-electron chi connectivity index (χ4n) is 3.08. The highest BCUT2D eigenvalue weighted by atomic mass is 16.1. The summed E-state index contributed by atoms with van der Waals surface area (Å²) in [6.07, 6.45) is 0.862. The molecule has 0 fully saturated rings. The number of fused-ring (bicyclic) bond motifs is 2. The second-order valence-corrected chi connectivity index (χ2v) is 5.70. The van der Waals surface area contributed by atoms with Gasteiger partial charge in [0.25, 0.3) is 0 Å². The van der Waals surface area contributed by atoms with Gasteiger partial charge in [-0.1, -0.05) is 25.1 Å². The summed E-state index contributed by atoms with van der Waals surface area (Å²) in [6, 6.07) is 11.9. The molecule has 0 radical (unpaired) electrons. The Kier molecular flexibility index (Phi) is 3.20. The predicted molar refractivity (Wildman–Crippen MR) is 89.9 cm³/mol. The van der Waals surface area contributed by atoms with Crippen molar-refractivity contribution in [1.29, 1.82) is 0 Å². The van der Waals surface area contributed by atoms with Gasteiger partial charge in [-0.3, -0.25) is 4.79 Å². The minimum Gasteiger partial charge on any atom is -0.397 e. The minimum absolute atomic E-state index is 0.0619. The topological polar surface area (TPSA) is 48.0 Å². The number of nitrogens with zero attached hydrogens (tertiary/aromatic N) is 1. The Balaban J connectivity index is 2.66. The average Bonchev–Trinajstić information content (AvgIpc) is 2.48. The number of nitrogen functional groups attached to an aromatic ring is 1. The third-order valence-corrected chi connectivity index (χ3v) is 4.10. The van der Waals surface area contributed by atoms with E-state index in [0.29, 0.717) is 5.39 Å². The van der Waals surface area contributed by atoms with Gasteiger partial charge in [-0.2, -0.15) is 0 Å². The van der Waals surface area contributed by atoms with Gasteiger partial charge in [0, 0.05) is 16.8 Å². The lowest BCUT2D eigenvalue weighted by Gasteiger charge is -2.21. The fraction of sp³-hybridized carbons (Fsp3) is 0.278. The Morgan fingerprint density at radius 2 is 1.81 bits per heavy atom. The third-order valence-electron chi connectivity index (χ3n) is 4.10. The number of benzene rings is 2. The van der Waals surface area contributed by atoms with Crippen LogP contribution in [0.3, 0.4) is 0 Å². The number of para-hydroxylation sites is 1. The summed E-state index contributed by atoms with van der Waals surface area (Å²) >= 11 is 0. The second-order valence-electron chi connectivity index (χ2n) is 5.70. The van der Waals surface area contributed by atoms with Crippen LogP contribution in [0.25, 0.3) is 21.8 Å². The molecule has 1 heterocycles. The number of pyridine rings is 1. The molecule has 2 N–H and O–H groups in total. The molecule has 0 saturated carbocycles. The molecule has 2 aromatic carbocycles. The van der Waals surface area contributed by atoms with Gasteiger partial charge in [0.15, 0.2) is 5.43 Å². The van der Waals surface area contributed by atoms with Gasteiger partial charge in [-0.05, 0) is 44.0 Å². The van der Waals surface area contributed by atoms with E-state index in [4.69, 9.17) is 5.73 Å². The van der Waals surface area contributed by atoms with Crippen LogP contribution in [0.4, 0.5) is 5.69 Å². The van der Waals surface area contributed by atoms with Gasteiger partial charge in [0.05, 0.1) is 16.7 Å². The van der Waals surface area contributed by atoms with Crippen LogP contribution in [-0.2, 0) is 6.42 Å². The van der Waals surface area contributed by atoms with Crippen LogP contribution >= 0.6 is 0 Å². The molecule has 0 aliphatic heterocycles. The molecule has 0 unspecified atom stereocenters. The molecule has 21 heavy (non-hydrogen) atoms. The summed E-state index contributed by atoms with van der Waals surface area (Å²) in [7, 11) is 0. The lowest BCUT2D eigenvalue weighted by atomic mass is 10.0. The lowest BCUT2D eigenvalue weighted by molar-refractivity contribution is 0.639. The van der Waals surface area contributed by atoms with Crippen molar-refractivity contribution in [3.05, 3.63) is 52.2 Å². The van der Waals surface area contributed by atoms with Crippen molar-refractivity contribution in [1.82, 2.24) is 4.57 Å². The van der Waals surface area contributed by atoms with E-state index in [1.54, 1.807) is 0 Å². The van der Waals surface area contributed by atoms with Crippen molar-refractivity contribution in [2.24, 2.45) is 0 Å². The number of aryl methyl sites for hydroxylation is 1. The summed E-state index contributed by atoms with van der Waals surface area (Å²) in [5, 5.41) is 1.46. The Morgan fingerprint density at radius 1 is 1.10 bits per heavy atom. The average molecular weight is 280 g/mol. The molecular formula is C18H20N2O. The van der Waals surface area contributed by atoms with Crippen LogP contribution in [-0.4, -0.2) is 4.57 Å². The third kappa shape index (κ3) is 1.92. The molecule has 0 aliphatic carbocycles. The zero-order chi connectivity index (χ0) is 15.1. The minimum atomic E-state index is 0.0619. The van der Waals surface area contributed by atoms with Crippen molar-refractivity contribution in [3.63, 3.8) is 0 Å². The SMILES string of the molecule is CCc1ccc2c(=O)c3ccccc3n(C(C)C)c2c1N. The first-order chi connectivity index (χ1) is 10.1. The van der Waals surface area contributed by atoms with E-state index in [1.165, 1.54) is 0 Å². The van der Waals surface area contributed by atoms with Crippen molar-refractivity contribution in [2.75, 3.05) is 5.73 Å². The largest absolute Gasteiger partial charge is 0.397 e. The van der Waals surface area contributed by atoms with Gasteiger partial charge in [-0.25, -0.2) is 0 Å². The van der Waals surface area contributed by atoms with E-state index >= 15 is 0 Å². The summed E-state index contributed by atoms with van der Waals surface area (Å²) in [4.78, 5) is 12.7. The molecular weight excluding hydrogens is 260 g/mol. The maximum Gasteiger partial charge on any atom is 0.197 e. The number of nitrogens with two attached hydrogens (primary N) is 1. The summed E-state index contributed by atoms with van der Waals surface area (Å²) in [6.45, 7) is 6.32. The smallest absolute Gasteiger partial charge is 0.197 e. The highest BCUT2D eigenvalue weighted by molar-refractivity contribution is 5.99. The van der Waals surface area contributed by atoms with E-state index in [-0.39, 0.29) is 11.5 Å². The first-order valence-electron chi connectivity index (χ1n) is 7.40. The van der Waals surface area contributed by atoms with Gasteiger partial charge < -0.3 is 10.3 Å². The standard InChI is InChI=1S/C18H20N2O/c1-4-12-9-10-14-17(16(12)19)20(11(2)3)15-8-6-5-7-13(15)18(14)21/h5-11H,4,19H2,1-3H3. The molecule has 3 heteroatoms. The summed E-state index contributed by atoms with van der Waals surface area (Å²) < 4.78 is 2.18. The molecule has 0 aliphatic rings. The number of hydrogen-bond acceptors (Lipinski definition) is 2. The molecule has 0 amide bonds. The Bertz CT molecular complexity index is 891. The lowest BCUT2D eigenvalue weighted by Crippen LogP contribution is -2.15. The molecule has 108 valence electrons. The number of anilines is 1. The predicted octanol–water partition coefficient (Wildman–Crippen LogP) is 3.88. The summed E-state index contributed by atoms with van der Waals surface area (Å²) in [5.74, 6) is 0. The first-order valence-corrected chi connectivity index (χ1v) is 7.40. The molecule has 0 saturated heterocycles. The number of rotatable bonds is 2. The van der Waals surface area contributed by atoms with Crippen LogP contribution in [0.2, 0.25) is 0 Å². The Hall–Kier alpha value is -2.29. The highest BCUT2D eigenvalue weighted by Crippen LogP contribution is 2.29. The molecule has 0 spiro atoms. The van der Waals surface area contributed by atoms with Crippen molar-refractivity contribution in [3.8, 4) is 0 Å². The van der Waals surface area contributed by atoms with E-state index in [1.807, 2.05) is 36.4 Å². The molecule has 0 atom stereocenters. The van der Waals surface area contributed by atoms with Crippen LogP contribution in [0.5, 0.6) is 0 Å². The van der Waals surface area contributed by atoms with Crippen LogP contribution in [0.1, 0.15) is 32.4 Å². The zero-order valence-corrected chi connectivity index (χ0v) is 12.7. The maximum atomic E-state index is 12.7. The second kappa shape index (κ2) is 4.92. The zero-order valence-electron chi connectivity index (χ0n) is 12.7. The van der Waals surface area contributed by atoms with Crippen molar-refractivity contribution < 1.29 is 0 Å². The van der Waals surface area contributed by atoms with Crippen molar-refractivity contribution >= 4 is 27.5 Å². The van der Waals surface area contributed by atoms with Crippen LogP contribution < -0.4 is 11.2 Å². The van der Waals surface area contributed by atoms with Crippen LogP contribution in [0.15, 0.2) is 41.2 Å². The highest BCUT2D eigenvalue weighted by Gasteiger charge is 2.15. The fourth-order valence-corrected chi connectivity index (χ4v) is 3.08. The van der Waals surface area contributed by atoms with Gasteiger partial charge in [-0.15, -0.1) is 0 Å². The van der Waals surface area contributed by atoms with E-state index < -0.39 is 0 Å². The van der Waals surface area contributed by atoms with Gasteiger partial charge in [0.2, 0.25) is 0 Å². The van der Waals surface area contributed by atoms with Crippen molar-refractivity contribution in [2.45, 2.75) is 33.2 Å². The monoisotopic (exact) mass is 280 g/mol. The van der Waals surface area contributed by atoms with Crippen LogP contribution in [0, 0.1) is 0 Å². The van der Waals surface area contributed by atoms with Gasteiger partial charge >= 0.3 is 0 Å². The molecule has 3 rings (SSSR count). The summed E-state index contributed by atoms with van der Waals surface area (Å²) in [5.41, 5.74) is 10.1. The molecule has 3 nitrogen and oxygen atoms in total. The van der Waals surface area contributed by atoms with Gasteiger partial charge in [0.1, 0.15) is 0 Å². The Morgan fingerprint density at radius 3 is 2.48 bits per heavy atom. The molecule has 3 aromatic rings. The Labute approximate surface area is 124 Å².